The van der Waals surface area contributed by atoms with E-state index in [9.17, 15) is 0 Å². The molecule has 2 N–H and O–H groups in total. The van der Waals surface area contributed by atoms with E-state index in [4.69, 9.17) is 4.74 Å². The van der Waals surface area contributed by atoms with Crippen molar-refractivity contribution in [3.05, 3.63) is 36.7 Å². The van der Waals surface area contributed by atoms with E-state index in [1.54, 1.807) is 13.4 Å². The summed E-state index contributed by atoms with van der Waals surface area (Å²) in [6, 6.07) is 10.5. The molecule has 1 aromatic heterocycles. The topological polar surface area (TPSA) is 62.3 Å². The Kier molecular flexibility index (Phi) is 6.66. The minimum atomic E-state index is 0.742. The van der Waals surface area contributed by atoms with E-state index in [-0.39, 0.29) is 0 Å². The monoisotopic (exact) mass is 355 g/mol. The molecular weight excluding hydrogens is 326 g/mol. The second-order valence-electron chi connectivity index (χ2n) is 6.90. The molecule has 26 heavy (non-hydrogen) atoms. The van der Waals surface area contributed by atoms with Crippen molar-refractivity contribution in [1.82, 2.24) is 9.97 Å². The fourth-order valence-electron chi connectivity index (χ4n) is 3.13. The van der Waals surface area contributed by atoms with Crippen molar-refractivity contribution in [2.75, 3.05) is 48.9 Å². The number of anilines is 4. The summed E-state index contributed by atoms with van der Waals surface area (Å²) in [5.41, 5.74) is 2.33. The van der Waals surface area contributed by atoms with Gasteiger partial charge in [0.05, 0.1) is 0 Å². The molecule has 0 spiro atoms. The van der Waals surface area contributed by atoms with Crippen LogP contribution in [0, 0.1) is 5.92 Å². The van der Waals surface area contributed by atoms with Crippen molar-refractivity contribution in [1.29, 1.82) is 0 Å². The number of nitrogens with one attached hydrogen (secondary N) is 2. The smallest absolute Gasteiger partial charge is 0.135 e. The third kappa shape index (κ3) is 5.33. The van der Waals surface area contributed by atoms with E-state index in [0.29, 0.717) is 0 Å². The Hall–Kier alpha value is -2.34. The molecule has 0 aliphatic carbocycles. The van der Waals surface area contributed by atoms with Crippen LogP contribution in [0.5, 0.6) is 0 Å². The average molecular weight is 355 g/mol. The Labute approximate surface area is 156 Å². The van der Waals surface area contributed by atoms with Crippen LogP contribution in [-0.2, 0) is 4.74 Å². The summed E-state index contributed by atoms with van der Waals surface area (Å²) in [7, 11) is 1.71. The summed E-state index contributed by atoms with van der Waals surface area (Å²) in [6.07, 6.45) is 5.08. The maximum atomic E-state index is 5.05. The van der Waals surface area contributed by atoms with Gasteiger partial charge in [0.2, 0.25) is 0 Å². The third-order valence-electron chi connectivity index (χ3n) is 4.79. The van der Waals surface area contributed by atoms with Crippen LogP contribution in [0.1, 0.15) is 26.2 Å². The predicted octanol–water partition coefficient (Wildman–Crippen LogP) is 3.90. The zero-order chi connectivity index (χ0) is 18.2. The predicted molar refractivity (Wildman–Crippen MR) is 107 cm³/mol. The highest BCUT2D eigenvalue weighted by molar-refractivity contribution is 5.62. The largest absolute Gasteiger partial charge is 0.385 e. The Balaban J connectivity index is 1.55. The van der Waals surface area contributed by atoms with Gasteiger partial charge in [0.25, 0.3) is 0 Å². The van der Waals surface area contributed by atoms with Crippen LogP contribution in [0.25, 0.3) is 0 Å². The van der Waals surface area contributed by atoms with E-state index in [2.05, 4.69) is 56.7 Å². The standard InChI is InChI=1S/C20H29N5O/c1-16-8-11-25(12-9-16)18-6-4-17(5-7-18)24-20-14-19(22-15-23-20)21-10-3-13-26-2/h4-7,14-16H,3,8-13H2,1-2H3,(H2,21,22,23,24). The highest BCUT2D eigenvalue weighted by Gasteiger charge is 2.15. The first-order chi connectivity index (χ1) is 12.7. The van der Waals surface area contributed by atoms with Gasteiger partial charge >= 0.3 is 0 Å². The molecule has 0 saturated carbocycles. The Bertz CT molecular complexity index is 668. The van der Waals surface area contributed by atoms with E-state index in [1.165, 1.54) is 18.5 Å². The number of benzene rings is 1. The van der Waals surface area contributed by atoms with Gasteiger partial charge in [-0.2, -0.15) is 0 Å². The van der Waals surface area contributed by atoms with Crippen LogP contribution in [0.2, 0.25) is 0 Å². The van der Waals surface area contributed by atoms with Gasteiger partial charge in [-0.05, 0) is 49.4 Å². The Morgan fingerprint density at radius 1 is 1.12 bits per heavy atom. The van der Waals surface area contributed by atoms with Gasteiger partial charge in [-0.25, -0.2) is 9.97 Å². The quantitative estimate of drug-likeness (QED) is 0.700. The minimum Gasteiger partial charge on any atom is -0.385 e. The average Bonchev–Trinajstić information content (AvgIpc) is 2.67. The van der Waals surface area contributed by atoms with Gasteiger partial charge in [0.15, 0.2) is 0 Å². The summed E-state index contributed by atoms with van der Waals surface area (Å²) >= 11 is 0. The van der Waals surface area contributed by atoms with Crippen molar-refractivity contribution < 1.29 is 4.74 Å². The SMILES string of the molecule is COCCCNc1cc(Nc2ccc(N3CCC(C)CC3)cc2)ncn1. The lowest BCUT2D eigenvalue weighted by molar-refractivity contribution is 0.198. The van der Waals surface area contributed by atoms with E-state index in [1.807, 2.05) is 6.07 Å². The molecule has 6 nitrogen and oxygen atoms in total. The summed E-state index contributed by atoms with van der Waals surface area (Å²) in [6.45, 7) is 6.21. The van der Waals surface area contributed by atoms with Gasteiger partial charge in [-0.1, -0.05) is 6.92 Å². The zero-order valence-electron chi connectivity index (χ0n) is 15.7. The van der Waals surface area contributed by atoms with Crippen molar-refractivity contribution >= 4 is 23.0 Å². The molecule has 1 saturated heterocycles. The van der Waals surface area contributed by atoms with Crippen molar-refractivity contribution in [2.24, 2.45) is 5.92 Å². The molecule has 0 atom stereocenters. The van der Waals surface area contributed by atoms with Gasteiger partial charge < -0.3 is 20.3 Å². The van der Waals surface area contributed by atoms with E-state index < -0.39 is 0 Å². The molecule has 3 rings (SSSR count). The molecule has 140 valence electrons. The number of piperidine rings is 1. The van der Waals surface area contributed by atoms with E-state index >= 15 is 0 Å². The molecule has 6 heteroatoms. The van der Waals surface area contributed by atoms with Crippen LogP contribution in [0.3, 0.4) is 0 Å². The van der Waals surface area contributed by atoms with Gasteiger partial charge in [-0.15, -0.1) is 0 Å². The number of ether oxygens (including phenoxy) is 1. The molecule has 0 radical (unpaired) electrons. The summed E-state index contributed by atoms with van der Waals surface area (Å²) in [4.78, 5) is 11.0. The molecular formula is C20H29N5O. The molecule has 0 bridgehead atoms. The van der Waals surface area contributed by atoms with Crippen LogP contribution in [-0.4, -0.2) is 43.3 Å². The lowest BCUT2D eigenvalue weighted by atomic mass is 9.99. The first-order valence-electron chi connectivity index (χ1n) is 9.41. The molecule has 2 heterocycles. The minimum absolute atomic E-state index is 0.742. The first-order valence-corrected chi connectivity index (χ1v) is 9.41. The lowest BCUT2D eigenvalue weighted by Gasteiger charge is -2.32. The molecule has 1 fully saturated rings. The van der Waals surface area contributed by atoms with Crippen LogP contribution in [0.4, 0.5) is 23.0 Å². The van der Waals surface area contributed by atoms with Crippen LogP contribution >= 0.6 is 0 Å². The number of hydrogen-bond donors (Lipinski definition) is 2. The number of hydrogen-bond acceptors (Lipinski definition) is 6. The molecule has 0 amide bonds. The fourth-order valence-corrected chi connectivity index (χ4v) is 3.13. The third-order valence-corrected chi connectivity index (χ3v) is 4.79. The molecule has 2 aromatic rings. The highest BCUT2D eigenvalue weighted by atomic mass is 16.5. The van der Waals surface area contributed by atoms with Gasteiger partial charge in [0, 0.05) is 50.8 Å². The zero-order valence-corrected chi connectivity index (χ0v) is 15.7. The number of nitrogens with zero attached hydrogens (tertiary/aromatic N) is 3. The second kappa shape index (κ2) is 9.38. The molecule has 1 aromatic carbocycles. The summed E-state index contributed by atoms with van der Waals surface area (Å²) < 4.78 is 5.05. The number of methoxy groups -OCH3 is 1. The molecule has 1 aliphatic heterocycles. The first kappa shape index (κ1) is 18.5. The summed E-state index contributed by atoms with van der Waals surface area (Å²) in [5, 5.41) is 6.63. The van der Waals surface area contributed by atoms with Crippen molar-refractivity contribution in [3.8, 4) is 0 Å². The lowest BCUT2D eigenvalue weighted by Crippen LogP contribution is -2.32. The Morgan fingerprint density at radius 3 is 2.58 bits per heavy atom. The Morgan fingerprint density at radius 2 is 1.85 bits per heavy atom. The maximum absolute atomic E-state index is 5.05. The van der Waals surface area contributed by atoms with E-state index in [0.717, 1.165) is 55.9 Å². The maximum Gasteiger partial charge on any atom is 0.135 e. The van der Waals surface area contributed by atoms with Crippen LogP contribution in [0.15, 0.2) is 36.7 Å². The van der Waals surface area contributed by atoms with Crippen molar-refractivity contribution in [2.45, 2.75) is 26.2 Å². The fraction of sp³-hybridized carbons (Fsp3) is 0.500. The summed E-state index contributed by atoms with van der Waals surface area (Å²) in [5.74, 6) is 2.45. The van der Waals surface area contributed by atoms with Crippen molar-refractivity contribution in [3.63, 3.8) is 0 Å². The second-order valence-corrected chi connectivity index (χ2v) is 6.90. The molecule has 0 unspecified atom stereocenters. The van der Waals surface area contributed by atoms with Gasteiger partial charge in [0.1, 0.15) is 18.0 Å². The number of aromatic nitrogens is 2. The van der Waals surface area contributed by atoms with Crippen LogP contribution < -0.4 is 15.5 Å². The number of rotatable bonds is 8. The van der Waals surface area contributed by atoms with Gasteiger partial charge in [-0.3, -0.25) is 0 Å². The normalized spacial score (nSPS) is 15.1. The highest BCUT2D eigenvalue weighted by Crippen LogP contribution is 2.25. The molecule has 1 aliphatic rings.